The average molecular weight is 388 g/mol. The molecule has 148 valence electrons. The zero-order valence-corrected chi connectivity index (χ0v) is 17.2. The molecule has 1 aromatic rings. The third-order valence-corrected chi connectivity index (χ3v) is 6.01. The number of thioether (sulfide) groups is 1. The van der Waals surface area contributed by atoms with Crippen LogP contribution in [0.1, 0.15) is 49.7 Å². The molecule has 1 aromatic carbocycles. The molecule has 1 saturated heterocycles. The highest BCUT2D eigenvalue weighted by molar-refractivity contribution is 7.98. The van der Waals surface area contributed by atoms with Crippen molar-refractivity contribution in [3.63, 3.8) is 0 Å². The van der Waals surface area contributed by atoms with Gasteiger partial charge in [-0.3, -0.25) is 4.79 Å². The van der Waals surface area contributed by atoms with E-state index in [4.69, 9.17) is 5.73 Å². The zero-order chi connectivity index (χ0) is 19.6. The summed E-state index contributed by atoms with van der Waals surface area (Å²) in [7, 11) is 0. The molecule has 2 rings (SSSR count). The molecule has 1 fully saturated rings. The molecule has 27 heavy (non-hydrogen) atoms. The lowest BCUT2D eigenvalue weighted by molar-refractivity contribution is -0.119. The van der Waals surface area contributed by atoms with Crippen LogP contribution in [0, 0.1) is 6.92 Å². The lowest BCUT2D eigenvalue weighted by atomic mass is 10.0. The van der Waals surface area contributed by atoms with Crippen LogP contribution in [0.2, 0.25) is 0 Å². The van der Waals surface area contributed by atoms with Gasteiger partial charge in [0, 0.05) is 23.6 Å². The summed E-state index contributed by atoms with van der Waals surface area (Å²) in [4.78, 5) is 11.4. The van der Waals surface area contributed by atoms with E-state index in [2.05, 4.69) is 55.0 Å². The van der Waals surface area contributed by atoms with Gasteiger partial charge in [-0.05, 0) is 37.5 Å². The lowest BCUT2D eigenvalue weighted by Crippen LogP contribution is -2.40. The summed E-state index contributed by atoms with van der Waals surface area (Å²) in [5, 5.41) is 6.30. The van der Waals surface area contributed by atoms with E-state index in [-0.39, 0.29) is 18.0 Å². The Morgan fingerprint density at radius 2 is 2.04 bits per heavy atom. The van der Waals surface area contributed by atoms with Gasteiger partial charge >= 0.3 is 0 Å². The maximum absolute atomic E-state index is 11.4. The van der Waals surface area contributed by atoms with Crippen molar-refractivity contribution in [2.75, 3.05) is 5.75 Å². The first-order valence-corrected chi connectivity index (χ1v) is 10.9. The van der Waals surface area contributed by atoms with Gasteiger partial charge in [0.15, 0.2) is 0 Å². The van der Waals surface area contributed by atoms with Gasteiger partial charge in [-0.15, -0.1) is 0 Å². The van der Waals surface area contributed by atoms with E-state index in [0.29, 0.717) is 12.1 Å². The number of rotatable bonds is 12. The fourth-order valence-electron chi connectivity index (χ4n) is 3.15. The van der Waals surface area contributed by atoms with Crippen LogP contribution in [0.3, 0.4) is 0 Å². The molecule has 1 heterocycles. The second-order valence-electron chi connectivity index (χ2n) is 7.34. The first-order chi connectivity index (χ1) is 13.0. The van der Waals surface area contributed by atoms with Gasteiger partial charge < -0.3 is 16.4 Å². The van der Waals surface area contributed by atoms with Crippen molar-refractivity contribution in [1.29, 1.82) is 0 Å². The maximum Gasteiger partial charge on any atom is 0.220 e. The molecule has 5 heteroatoms. The van der Waals surface area contributed by atoms with Crippen LogP contribution >= 0.6 is 11.8 Å². The van der Waals surface area contributed by atoms with Crippen LogP contribution in [0.5, 0.6) is 0 Å². The number of hydrogen-bond acceptors (Lipinski definition) is 4. The molecule has 1 aliphatic heterocycles. The summed E-state index contributed by atoms with van der Waals surface area (Å²) in [6.45, 7) is 10.1. The highest BCUT2D eigenvalue weighted by atomic mass is 32.2. The van der Waals surface area contributed by atoms with Gasteiger partial charge in [0.25, 0.3) is 0 Å². The van der Waals surface area contributed by atoms with Gasteiger partial charge in [-0.25, -0.2) is 0 Å². The molecule has 0 saturated carbocycles. The Morgan fingerprint density at radius 1 is 1.30 bits per heavy atom. The van der Waals surface area contributed by atoms with Crippen molar-refractivity contribution in [2.24, 2.45) is 5.73 Å². The number of carbonyl (C=O) groups is 1. The van der Waals surface area contributed by atoms with Crippen molar-refractivity contribution >= 4 is 17.7 Å². The summed E-state index contributed by atoms with van der Waals surface area (Å²) < 4.78 is 0. The summed E-state index contributed by atoms with van der Waals surface area (Å²) in [5.41, 5.74) is 10.1. The predicted molar refractivity (Wildman–Crippen MR) is 116 cm³/mol. The van der Waals surface area contributed by atoms with Crippen molar-refractivity contribution in [2.45, 2.75) is 63.3 Å². The number of carbonyl (C=O) groups excluding carboxylic acids is 1. The zero-order valence-electron chi connectivity index (χ0n) is 16.4. The molecule has 0 radical (unpaired) electrons. The summed E-state index contributed by atoms with van der Waals surface area (Å²) in [6, 6.07) is 8.81. The minimum atomic E-state index is 0.0116. The third kappa shape index (κ3) is 7.71. The highest BCUT2D eigenvalue weighted by Gasteiger charge is 2.24. The van der Waals surface area contributed by atoms with Crippen molar-refractivity contribution < 1.29 is 4.79 Å². The number of nitrogens with one attached hydrogen (secondary N) is 2. The fraction of sp³-hybridized carbons (Fsp3) is 0.500. The minimum Gasteiger partial charge on any atom is -0.401 e. The van der Waals surface area contributed by atoms with Crippen LogP contribution < -0.4 is 16.4 Å². The number of nitrogens with two attached hydrogens (primary N) is 1. The van der Waals surface area contributed by atoms with Crippen LogP contribution in [0.25, 0.3) is 0 Å². The Kier molecular flexibility index (Phi) is 8.79. The van der Waals surface area contributed by atoms with Crippen LogP contribution in [-0.4, -0.2) is 23.7 Å². The molecular formula is C22H33N3OS. The molecule has 0 unspecified atom stereocenters. The second-order valence-corrected chi connectivity index (χ2v) is 8.45. The van der Waals surface area contributed by atoms with Crippen molar-refractivity contribution in [1.82, 2.24) is 10.6 Å². The fourth-order valence-corrected chi connectivity index (χ4v) is 4.13. The minimum absolute atomic E-state index is 0.0116. The van der Waals surface area contributed by atoms with E-state index < -0.39 is 0 Å². The monoisotopic (exact) mass is 387 g/mol. The van der Waals surface area contributed by atoms with Crippen LogP contribution in [0.4, 0.5) is 0 Å². The number of hydrogen-bond donors (Lipinski definition) is 3. The highest BCUT2D eigenvalue weighted by Crippen LogP contribution is 2.17. The van der Waals surface area contributed by atoms with E-state index in [1.165, 1.54) is 29.7 Å². The van der Waals surface area contributed by atoms with Gasteiger partial charge in [-0.2, -0.15) is 11.8 Å². The maximum atomic E-state index is 11.4. The standard InChI is InChI=1S/C22H33N3OS/c1-16-8-10-19(11-9-16)15-27-14-6-4-5-7-20(17(2)23)24-18(3)21-12-13-22(26)25-21/h8-11,20-21,24H,2-7,12-15,23H2,1H3,(H,25,26)/t20-,21+/m0/s1. The molecule has 0 spiro atoms. The van der Waals surface area contributed by atoms with Gasteiger partial charge in [0.1, 0.15) is 0 Å². The predicted octanol–water partition coefficient (Wildman–Crippen LogP) is 4.01. The largest absolute Gasteiger partial charge is 0.401 e. The van der Waals surface area contributed by atoms with E-state index >= 15 is 0 Å². The second kappa shape index (κ2) is 11.1. The summed E-state index contributed by atoms with van der Waals surface area (Å²) in [6.07, 6.45) is 5.80. The molecule has 2 atom stereocenters. The molecular weight excluding hydrogens is 354 g/mol. The van der Waals surface area contributed by atoms with Gasteiger partial charge in [0.05, 0.1) is 12.1 Å². The Morgan fingerprint density at radius 3 is 2.67 bits per heavy atom. The van der Waals surface area contributed by atoms with E-state index in [9.17, 15) is 4.79 Å². The Balaban J connectivity index is 1.58. The van der Waals surface area contributed by atoms with Gasteiger partial charge in [0.2, 0.25) is 5.91 Å². The Labute approximate surface area is 168 Å². The lowest BCUT2D eigenvalue weighted by Gasteiger charge is -2.24. The first kappa shape index (κ1) is 21.4. The van der Waals surface area contributed by atoms with E-state index in [1.54, 1.807) is 0 Å². The third-order valence-electron chi connectivity index (χ3n) is 4.89. The summed E-state index contributed by atoms with van der Waals surface area (Å²) in [5.74, 6) is 2.35. The van der Waals surface area contributed by atoms with Crippen molar-refractivity contribution in [3.05, 3.63) is 59.9 Å². The molecule has 0 bridgehead atoms. The molecule has 1 aliphatic rings. The first-order valence-electron chi connectivity index (χ1n) is 9.78. The quantitative estimate of drug-likeness (QED) is 0.474. The molecule has 4 nitrogen and oxygen atoms in total. The molecule has 4 N–H and O–H groups in total. The topological polar surface area (TPSA) is 67.1 Å². The molecule has 0 aliphatic carbocycles. The normalized spacial score (nSPS) is 17.4. The van der Waals surface area contributed by atoms with Gasteiger partial charge in [-0.1, -0.05) is 55.8 Å². The Bertz CT molecular complexity index is 641. The number of benzene rings is 1. The summed E-state index contributed by atoms with van der Waals surface area (Å²) >= 11 is 1.99. The van der Waals surface area contributed by atoms with E-state index in [0.717, 1.165) is 30.7 Å². The Hall–Kier alpha value is -1.88. The SMILES string of the molecule is C=C(N)[C@H](CCCCCSCc1ccc(C)cc1)NC(=C)[C@H]1CCC(=O)N1. The average Bonchev–Trinajstić information content (AvgIpc) is 3.07. The number of amides is 1. The molecule has 0 aromatic heterocycles. The number of aryl methyl sites for hydroxylation is 1. The molecule has 1 amide bonds. The number of unbranched alkanes of at least 4 members (excludes halogenated alkanes) is 2. The van der Waals surface area contributed by atoms with Crippen molar-refractivity contribution in [3.8, 4) is 0 Å². The van der Waals surface area contributed by atoms with Crippen LogP contribution in [-0.2, 0) is 10.5 Å². The van der Waals surface area contributed by atoms with E-state index in [1.807, 2.05) is 11.8 Å². The van der Waals surface area contributed by atoms with Crippen LogP contribution in [0.15, 0.2) is 48.8 Å². The smallest absolute Gasteiger partial charge is 0.220 e.